The Bertz CT molecular complexity index is 767. The number of hydrogen-bond donors (Lipinski definition) is 0. The van der Waals surface area contributed by atoms with Crippen molar-refractivity contribution < 1.29 is 13.9 Å². The van der Waals surface area contributed by atoms with Crippen LogP contribution in [-0.2, 0) is 11.3 Å². The summed E-state index contributed by atoms with van der Waals surface area (Å²) in [5.74, 6) is 0.460. The lowest BCUT2D eigenvalue weighted by Crippen LogP contribution is -2.58. The second-order valence-electron chi connectivity index (χ2n) is 7.04. The minimum Gasteiger partial charge on any atom is -0.484 e. The molecule has 0 radical (unpaired) electrons. The smallest absolute Gasteiger partial charge is 0.260 e. The molecule has 2 atom stereocenters. The van der Waals surface area contributed by atoms with Crippen LogP contribution >= 0.6 is 15.9 Å². The van der Waals surface area contributed by atoms with Crippen LogP contribution in [0.25, 0.3) is 0 Å². The van der Waals surface area contributed by atoms with Gasteiger partial charge >= 0.3 is 0 Å². The van der Waals surface area contributed by atoms with E-state index in [9.17, 15) is 9.18 Å². The fourth-order valence-corrected chi connectivity index (χ4v) is 3.61. The van der Waals surface area contributed by atoms with Crippen LogP contribution in [0.15, 0.2) is 53.0 Å². The zero-order valence-corrected chi connectivity index (χ0v) is 17.2. The lowest BCUT2D eigenvalue weighted by atomic mass is 10.1. The van der Waals surface area contributed by atoms with Crippen LogP contribution in [0.1, 0.15) is 19.4 Å². The molecule has 1 heterocycles. The van der Waals surface area contributed by atoms with E-state index in [0.717, 1.165) is 23.1 Å². The third-order valence-electron chi connectivity index (χ3n) is 4.91. The third kappa shape index (κ3) is 5.30. The van der Waals surface area contributed by atoms with Gasteiger partial charge in [0.1, 0.15) is 11.6 Å². The number of rotatable bonds is 5. The van der Waals surface area contributed by atoms with E-state index in [4.69, 9.17) is 4.74 Å². The lowest BCUT2D eigenvalue weighted by Gasteiger charge is -2.44. The lowest BCUT2D eigenvalue weighted by molar-refractivity contribution is -0.139. The van der Waals surface area contributed by atoms with E-state index in [2.05, 4.69) is 34.7 Å². The number of benzene rings is 2. The summed E-state index contributed by atoms with van der Waals surface area (Å²) in [6, 6.07) is 14.4. The minimum absolute atomic E-state index is 0.00120. The zero-order chi connectivity index (χ0) is 19.4. The van der Waals surface area contributed by atoms with Gasteiger partial charge in [-0.25, -0.2) is 4.39 Å². The van der Waals surface area contributed by atoms with E-state index in [1.807, 2.05) is 41.3 Å². The maximum Gasteiger partial charge on any atom is 0.260 e. The molecular weight excluding hydrogens is 411 g/mol. The molecule has 0 aliphatic carbocycles. The van der Waals surface area contributed by atoms with E-state index in [1.165, 1.54) is 12.1 Å². The molecule has 0 unspecified atom stereocenters. The number of ether oxygens (including phenoxy) is 1. The number of hydrogen-bond acceptors (Lipinski definition) is 3. The van der Waals surface area contributed by atoms with Gasteiger partial charge in [0, 0.05) is 36.2 Å². The highest BCUT2D eigenvalue weighted by Gasteiger charge is 2.32. The summed E-state index contributed by atoms with van der Waals surface area (Å²) in [4.78, 5) is 16.9. The van der Waals surface area contributed by atoms with Crippen molar-refractivity contribution in [1.82, 2.24) is 9.80 Å². The highest BCUT2D eigenvalue weighted by atomic mass is 79.9. The molecule has 0 bridgehead atoms. The van der Waals surface area contributed by atoms with Gasteiger partial charge in [-0.1, -0.05) is 28.1 Å². The topological polar surface area (TPSA) is 32.8 Å². The van der Waals surface area contributed by atoms with E-state index >= 15 is 0 Å². The summed E-state index contributed by atoms with van der Waals surface area (Å²) >= 11 is 3.38. The molecule has 1 aliphatic rings. The van der Waals surface area contributed by atoms with E-state index in [0.29, 0.717) is 12.3 Å². The van der Waals surface area contributed by atoms with Crippen molar-refractivity contribution >= 4 is 21.8 Å². The zero-order valence-electron chi connectivity index (χ0n) is 15.6. The average Bonchev–Trinajstić information content (AvgIpc) is 2.65. The summed E-state index contributed by atoms with van der Waals surface area (Å²) in [5, 5.41) is 0. The van der Waals surface area contributed by atoms with Crippen molar-refractivity contribution in [3.05, 3.63) is 64.4 Å². The fraction of sp³-hybridized carbons (Fsp3) is 0.381. The molecule has 2 aromatic rings. The molecule has 0 aromatic heterocycles. The first-order valence-corrected chi connectivity index (χ1v) is 9.88. The molecule has 144 valence electrons. The monoisotopic (exact) mass is 434 g/mol. The predicted molar refractivity (Wildman–Crippen MR) is 107 cm³/mol. The van der Waals surface area contributed by atoms with Gasteiger partial charge < -0.3 is 9.64 Å². The first kappa shape index (κ1) is 19.8. The Kier molecular flexibility index (Phi) is 6.50. The van der Waals surface area contributed by atoms with Gasteiger partial charge in [0.2, 0.25) is 0 Å². The van der Waals surface area contributed by atoms with Gasteiger partial charge in [-0.15, -0.1) is 0 Å². The number of amides is 1. The summed E-state index contributed by atoms with van der Waals surface area (Å²) in [7, 11) is 0. The number of nitrogens with zero attached hydrogens (tertiary/aromatic N) is 2. The largest absolute Gasteiger partial charge is 0.484 e. The van der Waals surface area contributed by atoms with Crippen LogP contribution in [0, 0.1) is 5.82 Å². The maximum atomic E-state index is 13.1. The van der Waals surface area contributed by atoms with Gasteiger partial charge in [0.05, 0.1) is 0 Å². The van der Waals surface area contributed by atoms with E-state index < -0.39 is 0 Å². The molecule has 3 rings (SSSR count). The number of piperazine rings is 1. The van der Waals surface area contributed by atoms with Crippen molar-refractivity contribution in [2.75, 3.05) is 19.7 Å². The SMILES string of the molecule is C[C@@H]1CN(Cc2ccc(F)cc2)[C@@H](C)CN1C(=O)COc1ccc(Br)cc1. The molecule has 1 fully saturated rings. The highest BCUT2D eigenvalue weighted by Crippen LogP contribution is 2.20. The second kappa shape index (κ2) is 8.85. The van der Waals surface area contributed by atoms with Crippen LogP contribution in [0.5, 0.6) is 5.75 Å². The average molecular weight is 435 g/mol. The second-order valence-corrected chi connectivity index (χ2v) is 7.96. The summed E-state index contributed by atoms with van der Waals surface area (Å²) in [6.07, 6.45) is 0. The first-order chi connectivity index (χ1) is 12.9. The Labute approximate surface area is 168 Å². The van der Waals surface area contributed by atoms with Crippen LogP contribution in [-0.4, -0.2) is 47.5 Å². The molecule has 1 amide bonds. The molecule has 6 heteroatoms. The first-order valence-electron chi connectivity index (χ1n) is 9.08. The van der Waals surface area contributed by atoms with Gasteiger partial charge in [-0.05, 0) is 55.8 Å². The maximum absolute atomic E-state index is 13.1. The molecule has 0 spiro atoms. The van der Waals surface area contributed by atoms with Crippen LogP contribution < -0.4 is 4.74 Å². The third-order valence-corrected chi connectivity index (χ3v) is 5.44. The molecule has 1 aliphatic heterocycles. The van der Waals surface area contributed by atoms with E-state index in [-0.39, 0.29) is 30.4 Å². The number of halogens is 2. The fourth-order valence-electron chi connectivity index (χ4n) is 3.35. The minimum atomic E-state index is -0.221. The number of carbonyl (C=O) groups excluding carboxylic acids is 1. The molecule has 4 nitrogen and oxygen atoms in total. The summed E-state index contributed by atoms with van der Waals surface area (Å²) < 4.78 is 19.7. The Morgan fingerprint density at radius 1 is 1.07 bits per heavy atom. The van der Waals surface area contributed by atoms with Gasteiger partial charge in [0.15, 0.2) is 6.61 Å². The standard InChI is InChI=1S/C21H24BrFN2O2/c1-15-12-25(21(26)14-27-20-9-5-18(22)6-10-20)16(2)11-24(15)13-17-3-7-19(23)8-4-17/h3-10,15-16H,11-14H2,1-2H3/t15-,16+/m0/s1. The molecule has 1 saturated heterocycles. The van der Waals surface area contributed by atoms with E-state index in [1.54, 1.807) is 0 Å². The number of carbonyl (C=O) groups is 1. The van der Waals surface area contributed by atoms with Crippen molar-refractivity contribution in [2.24, 2.45) is 0 Å². The van der Waals surface area contributed by atoms with Crippen LogP contribution in [0.4, 0.5) is 4.39 Å². The van der Waals surface area contributed by atoms with Crippen LogP contribution in [0.2, 0.25) is 0 Å². The van der Waals surface area contributed by atoms with Crippen molar-refractivity contribution in [3.8, 4) is 5.75 Å². The Morgan fingerprint density at radius 2 is 1.74 bits per heavy atom. The Hall–Kier alpha value is -1.92. The van der Waals surface area contributed by atoms with Gasteiger partial charge in [-0.3, -0.25) is 9.69 Å². The van der Waals surface area contributed by atoms with Gasteiger partial charge in [-0.2, -0.15) is 0 Å². The predicted octanol–water partition coefficient (Wildman–Crippen LogP) is 4.09. The quantitative estimate of drug-likeness (QED) is 0.710. The summed E-state index contributed by atoms with van der Waals surface area (Å²) in [5.41, 5.74) is 1.08. The molecule has 27 heavy (non-hydrogen) atoms. The molecular formula is C21H24BrFN2O2. The van der Waals surface area contributed by atoms with Crippen molar-refractivity contribution in [1.29, 1.82) is 0 Å². The Morgan fingerprint density at radius 3 is 2.41 bits per heavy atom. The van der Waals surface area contributed by atoms with Crippen molar-refractivity contribution in [3.63, 3.8) is 0 Å². The molecule has 0 N–H and O–H groups in total. The van der Waals surface area contributed by atoms with Crippen molar-refractivity contribution in [2.45, 2.75) is 32.5 Å². The summed E-state index contributed by atoms with van der Waals surface area (Å²) in [6.45, 7) is 6.40. The van der Waals surface area contributed by atoms with Gasteiger partial charge in [0.25, 0.3) is 5.91 Å². The highest BCUT2D eigenvalue weighted by molar-refractivity contribution is 9.10. The molecule has 2 aromatic carbocycles. The van der Waals surface area contributed by atoms with Crippen LogP contribution in [0.3, 0.4) is 0 Å². The normalized spacial score (nSPS) is 20.5. The Balaban J connectivity index is 1.54. The molecule has 0 saturated carbocycles.